The van der Waals surface area contributed by atoms with Crippen molar-refractivity contribution in [1.29, 1.82) is 0 Å². The number of hydrogen-bond acceptors (Lipinski definition) is 2. The molecule has 0 spiro atoms. The minimum Gasteiger partial charge on any atom is -0.374 e. The summed E-state index contributed by atoms with van der Waals surface area (Å²) in [4.78, 5) is 10.5. The summed E-state index contributed by atoms with van der Waals surface area (Å²) in [5.41, 5.74) is 0. The van der Waals surface area contributed by atoms with Crippen LogP contribution in [0.4, 0.5) is 0 Å². The van der Waals surface area contributed by atoms with E-state index in [9.17, 15) is 4.79 Å². The lowest BCUT2D eigenvalue weighted by Crippen LogP contribution is -2.25. The van der Waals surface area contributed by atoms with Crippen LogP contribution in [-0.2, 0) is 9.53 Å². The molecule has 2 atom stereocenters. The second-order valence-electron chi connectivity index (χ2n) is 2.73. The van der Waals surface area contributed by atoms with Crippen LogP contribution >= 0.6 is 0 Å². The van der Waals surface area contributed by atoms with Crippen LogP contribution in [0.15, 0.2) is 12.2 Å². The van der Waals surface area contributed by atoms with Gasteiger partial charge in [-0.15, -0.1) is 0 Å². The molecule has 0 N–H and O–H groups in total. The van der Waals surface area contributed by atoms with Gasteiger partial charge in [-0.1, -0.05) is 12.2 Å². The van der Waals surface area contributed by atoms with E-state index in [0.717, 1.165) is 19.1 Å². The topological polar surface area (TPSA) is 26.3 Å². The number of hydrogen-bond donors (Lipinski definition) is 0. The fourth-order valence-electron chi connectivity index (χ4n) is 1.34. The average molecular weight is 154 g/mol. The molecule has 0 aromatic carbocycles. The summed E-state index contributed by atoms with van der Waals surface area (Å²) in [6, 6.07) is 0. The van der Waals surface area contributed by atoms with Crippen molar-refractivity contribution in [2.75, 3.05) is 6.61 Å². The summed E-state index contributed by atoms with van der Waals surface area (Å²) in [5, 5.41) is 0. The van der Waals surface area contributed by atoms with Gasteiger partial charge in [-0.25, -0.2) is 0 Å². The maximum Gasteiger partial charge on any atom is 0.126 e. The number of ether oxygens (including phenoxy) is 1. The van der Waals surface area contributed by atoms with Crippen LogP contribution in [0.2, 0.25) is 0 Å². The molecule has 2 nitrogen and oxygen atoms in total. The lowest BCUT2D eigenvalue weighted by Gasteiger charge is -2.22. The molecule has 0 aromatic rings. The molecule has 1 rings (SSSR count). The van der Waals surface area contributed by atoms with Gasteiger partial charge >= 0.3 is 0 Å². The minimum absolute atomic E-state index is 0.0336. The average Bonchev–Trinajstić information content (AvgIpc) is 2.06. The van der Waals surface area contributed by atoms with Crippen LogP contribution in [0.1, 0.15) is 19.8 Å². The first-order valence-corrected chi connectivity index (χ1v) is 4.12. The maximum atomic E-state index is 10.5. The first-order valence-electron chi connectivity index (χ1n) is 4.12. The van der Waals surface area contributed by atoms with Gasteiger partial charge in [0.2, 0.25) is 0 Å². The van der Waals surface area contributed by atoms with E-state index in [-0.39, 0.29) is 12.0 Å². The number of rotatable bonds is 3. The summed E-state index contributed by atoms with van der Waals surface area (Å²) in [7, 11) is 0. The van der Waals surface area contributed by atoms with E-state index in [0.29, 0.717) is 6.61 Å². The smallest absolute Gasteiger partial charge is 0.126 e. The molecule has 0 heterocycles. The predicted molar refractivity (Wildman–Crippen MR) is 43.3 cm³/mol. The van der Waals surface area contributed by atoms with Gasteiger partial charge in [0, 0.05) is 12.5 Å². The van der Waals surface area contributed by atoms with Crippen molar-refractivity contribution < 1.29 is 9.53 Å². The molecule has 0 aromatic heterocycles. The van der Waals surface area contributed by atoms with E-state index in [2.05, 4.69) is 6.08 Å². The van der Waals surface area contributed by atoms with Crippen molar-refractivity contribution in [2.45, 2.75) is 25.9 Å². The van der Waals surface area contributed by atoms with Gasteiger partial charge in [0.05, 0.1) is 6.10 Å². The van der Waals surface area contributed by atoms with Gasteiger partial charge in [-0.05, 0) is 19.8 Å². The van der Waals surface area contributed by atoms with Crippen molar-refractivity contribution >= 4 is 6.29 Å². The zero-order valence-corrected chi connectivity index (χ0v) is 6.82. The third kappa shape index (κ3) is 2.15. The highest BCUT2D eigenvalue weighted by Gasteiger charge is 2.20. The highest BCUT2D eigenvalue weighted by Crippen LogP contribution is 2.19. The summed E-state index contributed by atoms with van der Waals surface area (Å²) in [6.07, 6.45) is 7.06. The summed E-state index contributed by atoms with van der Waals surface area (Å²) in [6.45, 7) is 2.63. The first-order chi connectivity index (χ1) is 5.38. The normalized spacial score (nSPS) is 30.3. The zero-order chi connectivity index (χ0) is 8.10. The number of carbonyl (C=O) groups excluding carboxylic acids is 1. The molecule has 1 aliphatic carbocycles. The van der Waals surface area contributed by atoms with Crippen LogP contribution < -0.4 is 0 Å². The van der Waals surface area contributed by atoms with E-state index < -0.39 is 0 Å². The molecule has 11 heavy (non-hydrogen) atoms. The molecular weight excluding hydrogens is 140 g/mol. The molecule has 0 saturated carbocycles. The molecule has 0 aliphatic heterocycles. The minimum atomic E-state index is 0.0336. The second kappa shape index (κ2) is 4.29. The van der Waals surface area contributed by atoms with Gasteiger partial charge in [0.1, 0.15) is 6.29 Å². The van der Waals surface area contributed by atoms with Crippen LogP contribution in [0.5, 0.6) is 0 Å². The summed E-state index contributed by atoms with van der Waals surface area (Å²) in [5.74, 6) is 0.0833. The summed E-state index contributed by atoms with van der Waals surface area (Å²) < 4.78 is 5.37. The van der Waals surface area contributed by atoms with E-state index in [4.69, 9.17) is 4.74 Å². The molecule has 0 fully saturated rings. The van der Waals surface area contributed by atoms with Crippen molar-refractivity contribution in [3.05, 3.63) is 12.2 Å². The van der Waals surface area contributed by atoms with Crippen molar-refractivity contribution in [1.82, 2.24) is 0 Å². The number of aldehydes is 1. The Bertz CT molecular complexity index is 152. The Morgan fingerprint density at radius 2 is 2.55 bits per heavy atom. The van der Waals surface area contributed by atoms with Gasteiger partial charge in [0.25, 0.3) is 0 Å². The highest BCUT2D eigenvalue weighted by atomic mass is 16.5. The first kappa shape index (κ1) is 8.47. The Hall–Kier alpha value is -0.630. The third-order valence-electron chi connectivity index (χ3n) is 1.95. The van der Waals surface area contributed by atoms with E-state index in [1.165, 1.54) is 0 Å². The molecule has 0 saturated heterocycles. The monoisotopic (exact) mass is 154 g/mol. The molecular formula is C9H14O2. The highest BCUT2D eigenvalue weighted by molar-refractivity contribution is 5.55. The Kier molecular flexibility index (Phi) is 3.30. The maximum absolute atomic E-state index is 10.5. The van der Waals surface area contributed by atoms with Crippen molar-refractivity contribution in [3.63, 3.8) is 0 Å². The zero-order valence-electron chi connectivity index (χ0n) is 6.82. The van der Waals surface area contributed by atoms with E-state index >= 15 is 0 Å². The molecule has 0 bridgehead atoms. The second-order valence-corrected chi connectivity index (χ2v) is 2.73. The largest absolute Gasteiger partial charge is 0.374 e. The fraction of sp³-hybridized carbons (Fsp3) is 0.667. The lowest BCUT2D eigenvalue weighted by atomic mass is 9.93. The molecule has 0 unspecified atom stereocenters. The number of allylic oxidation sites excluding steroid dienone is 1. The van der Waals surface area contributed by atoms with Crippen molar-refractivity contribution in [3.8, 4) is 0 Å². The third-order valence-corrected chi connectivity index (χ3v) is 1.95. The molecule has 0 amide bonds. The Labute approximate surface area is 67.2 Å². The van der Waals surface area contributed by atoms with Crippen LogP contribution in [-0.4, -0.2) is 19.0 Å². The quantitative estimate of drug-likeness (QED) is 0.455. The molecule has 0 radical (unpaired) electrons. The van der Waals surface area contributed by atoms with Gasteiger partial charge in [0.15, 0.2) is 0 Å². The molecule has 62 valence electrons. The van der Waals surface area contributed by atoms with Crippen LogP contribution in [0.3, 0.4) is 0 Å². The fourth-order valence-corrected chi connectivity index (χ4v) is 1.34. The lowest BCUT2D eigenvalue weighted by molar-refractivity contribution is -0.115. The Balaban J connectivity index is 2.49. The standard InChI is InChI=1S/C9H14O2/c1-2-11-9-6-4-3-5-8(9)7-10/h4,6-9H,2-3,5H2,1H3/t8-,9-/m0/s1. The summed E-state index contributed by atoms with van der Waals surface area (Å²) >= 11 is 0. The van der Waals surface area contributed by atoms with E-state index in [1.54, 1.807) is 0 Å². The van der Waals surface area contributed by atoms with Gasteiger partial charge < -0.3 is 9.53 Å². The Morgan fingerprint density at radius 1 is 1.73 bits per heavy atom. The molecule has 2 heteroatoms. The number of carbonyl (C=O) groups is 1. The Morgan fingerprint density at radius 3 is 3.18 bits per heavy atom. The van der Waals surface area contributed by atoms with E-state index in [1.807, 2.05) is 13.0 Å². The molecule has 1 aliphatic rings. The van der Waals surface area contributed by atoms with Crippen LogP contribution in [0.25, 0.3) is 0 Å². The van der Waals surface area contributed by atoms with Gasteiger partial charge in [-0.2, -0.15) is 0 Å². The van der Waals surface area contributed by atoms with Crippen molar-refractivity contribution in [2.24, 2.45) is 5.92 Å². The SMILES string of the molecule is CCO[C@H]1C=CCC[C@H]1C=O. The predicted octanol–water partition coefficient (Wildman–Crippen LogP) is 1.56. The van der Waals surface area contributed by atoms with Gasteiger partial charge in [-0.3, -0.25) is 0 Å². The van der Waals surface area contributed by atoms with Crippen LogP contribution in [0, 0.1) is 5.92 Å².